The molecule has 1 N–H and O–H groups in total. The lowest BCUT2D eigenvalue weighted by Crippen LogP contribution is -2.11. The van der Waals surface area contributed by atoms with Crippen molar-refractivity contribution >= 4 is 15.5 Å². The van der Waals surface area contributed by atoms with Gasteiger partial charge in [0.2, 0.25) is 9.84 Å². The van der Waals surface area contributed by atoms with Gasteiger partial charge in [0, 0.05) is 31.2 Å². The van der Waals surface area contributed by atoms with Crippen molar-refractivity contribution in [1.82, 2.24) is 9.55 Å². The molecular weight excluding hydrogens is 360 g/mol. The highest BCUT2D eigenvalue weighted by Crippen LogP contribution is 2.20. The van der Waals surface area contributed by atoms with E-state index in [2.05, 4.69) is 10.3 Å². The summed E-state index contributed by atoms with van der Waals surface area (Å²) in [4.78, 5) is 3.62. The zero-order valence-electron chi connectivity index (χ0n) is 13.7. The molecule has 0 saturated carbocycles. The van der Waals surface area contributed by atoms with Gasteiger partial charge in [-0.1, -0.05) is 24.3 Å². The second kappa shape index (κ2) is 7.65. The van der Waals surface area contributed by atoms with Crippen LogP contribution in [0.4, 0.5) is 14.5 Å². The quantitative estimate of drug-likeness (QED) is 0.684. The van der Waals surface area contributed by atoms with Crippen molar-refractivity contribution < 1.29 is 17.2 Å². The molecule has 26 heavy (non-hydrogen) atoms. The molecule has 3 rings (SSSR count). The van der Waals surface area contributed by atoms with Crippen LogP contribution < -0.4 is 5.32 Å². The second-order valence-corrected chi connectivity index (χ2v) is 7.65. The van der Waals surface area contributed by atoms with E-state index in [0.717, 1.165) is 17.7 Å². The van der Waals surface area contributed by atoms with Crippen LogP contribution in [0.15, 0.2) is 72.1 Å². The van der Waals surface area contributed by atoms with Crippen molar-refractivity contribution in [2.24, 2.45) is 0 Å². The van der Waals surface area contributed by atoms with Crippen LogP contribution in [0.5, 0.6) is 0 Å². The van der Waals surface area contributed by atoms with E-state index in [1.165, 1.54) is 24.3 Å². The molecule has 0 aliphatic heterocycles. The topological polar surface area (TPSA) is 64.0 Å². The van der Waals surface area contributed by atoms with E-state index in [0.29, 0.717) is 12.2 Å². The summed E-state index contributed by atoms with van der Waals surface area (Å²) >= 11 is 0. The molecule has 0 spiro atoms. The van der Waals surface area contributed by atoms with Crippen LogP contribution in [0.2, 0.25) is 0 Å². The van der Waals surface area contributed by atoms with E-state index in [9.17, 15) is 17.2 Å². The maximum Gasteiger partial charge on any atom is 0.341 e. The second-order valence-electron chi connectivity index (χ2n) is 5.74. The van der Waals surface area contributed by atoms with Gasteiger partial charge in [-0.05, 0) is 35.4 Å². The van der Waals surface area contributed by atoms with E-state index in [1.807, 2.05) is 35.0 Å². The van der Waals surface area contributed by atoms with Gasteiger partial charge in [0.25, 0.3) is 0 Å². The Hall–Kier alpha value is -2.74. The highest BCUT2D eigenvalue weighted by atomic mass is 32.2. The fourth-order valence-corrected chi connectivity index (χ4v) is 3.14. The number of hydrogen-bond donors (Lipinski definition) is 1. The number of halogens is 2. The average molecular weight is 377 g/mol. The van der Waals surface area contributed by atoms with Crippen LogP contribution in [0.3, 0.4) is 0 Å². The molecule has 0 unspecified atom stereocenters. The molecule has 3 aromatic rings. The van der Waals surface area contributed by atoms with Crippen molar-refractivity contribution in [2.45, 2.75) is 23.7 Å². The number of rotatable bonds is 7. The fourth-order valence-electron chi connectivity index (χ4n) is 2.42. The van der Waals surface area contributed by atoms with Crippen LogP contribution in [0.25, 0.3) is 0 Å². The minimum absolute atomic E-state index is 0.387. The average Bonchev–Trinajstić information content (AvgIpc) is 3.14. The maximum absolute atomic E-state index is 12.5. The molecule has 0 aliphatic rings. The molecule has 5 nitrogen and oxygen atoms in total. The zero-order chi connectivity index (χ0) is 18.6. The molecule has 2 aromatic carbocycles. The molecule has 0 saturated heterocycles. The lowest BCUT2D eigenvalue weighted by molar-refractivity contribution is 0.234. The number of nitrogens with one attached hydrogen (secondary N) is 1. The molecule has 136 valence electrons. The molecule has 0 atom stereocenters. The SMILES string of the molecule is O=S(=O)(c1ccc(NCc2ccc(Cn3ccnc3)cc2)cc1)C(F)F. The van der Waals surface area contributed by atoms with Gasteiger partial charge >= 0.3 is 5.76 Å². The minimum Gasteiger partial charge on any atom is -0.381 e. The number of sulfone groups is 1. The summed E-state index contributed by atoms with van der Waals surface area (Å²) in [5.74, 6) is -3.41. The number of aromatic nitrogens is 2. The first kappa shape index (κ1) is 18.1. The molecule has 0 aliphatic carbocycles. The minimum atomic E-state index is -4.55. The summed E-state index contributed by atoms with van der Waals surface area (Å²) in [5, 5.41) is 3.14. The third-order valence-electron chi connectivity index (χ3n) is 3.86. The summed E-state index contributed by atoms with van der Waals surface area (Å²) < 4.78 is 49.8. The standard InChI is InChI=1S/C18H17F2N3O2S/c19-18(20)26(24,25)17-7-5-16(6-8-17)22-11-14-1-3-15(4-2-14)12-23-10-9-21-13-23/h1-10,13,18,22H,11-12H2. The number of nitrogens with zero attached hydrogens (tertiary/aromatic N) is 2. The van der Waals surface area contributed by atoms with Crippen molar-refractivity contribution in [3.05, 3.63) is 78.4 Å². The number of imidazole rings is 1. The summed E-state index contributed by atoms with van der Waals surface area (Å²) in [5.41, 5.74) is 2.85. The van der Waals surface area contributed by atoms with Crippen molar-refractivity contribution in [2.75, 3.05) is 5.32 Å². The molecule has 0 bridgehead atoms. The normalized spacial score (nSPS) is 11.7. The van der Waals surface area contributed by atoms with Crippen molar-refractivity contribution in [3.8, 4) is 0 Å². The van der Waals surface area contributed by atoms with Crippen LogP contribution in [-0.2, 0) is 22.9 Å². The highest BCUT2D eigenvalue weighted by molar-refractivity contribution is 7.91. The molecule has 1 aromatic heterocycles. The van der Waals surface area contributed by atoms with E-state index < -0.39 is 15.6 Å². The summed E-state index contributed by atoms with van der Waals surface area (Å²) in [6.07, 6.45) is 5.39. The first-order valence-corrected chi connectivity index (χ1v) is 9.39. The first-order valence-electron chi connectivity index (χ1n) is 7.85. The van der Waals surface area contributed by atoms with Crippen molar-refractivity contribution in [3.63, 3.8) is 0 Å². The van der Waals surface area contributed by atoms with Crippen LogP contribution >= 0.6 is 0 Å². The fraction of sp³-hybridized carbons (Fsp3) is 0.167. The molecule has 0 radical (unpaired) electrons. The zero-order valence-corrected chi connectivity index (χ0v) is 14.5. The van der Waals surface area contributed by atoms with Gasteiger partial charge in [0.1, 0.15) is 0 Å². The Labute approximate surface area is 150 Å². The monoisotopic (exact) mass is 377 g/mol. The molecular formula is C18H17F2N3O2S. The first-order chi connectivity index (χ1) is 12.4. The van der Waals surface area contributed by atoms with Crippen LogP contribution in [-0.4, -0.2) is 23.7 Å². The smallest absolute Gasteiger partial charge is 0.341 e. The number of alkyl halides is 2. The van der Waals surface area contributed by atoms with E-state index in [1.54, 1.807) is 12.5 Å². The van der Waals surface area contributed by atoms with Crippen LogP contribution in [0.1, 0.15) is 11.1 Å². The van der Waals surface area contributed by atoms with E-state index in [-0.39, 0.29) is 4.90 Å². The predicted octanol–water partition coefficient (Wildman–Crippen LogP) is 3.54. The van der Waals surface area contributed by atoms with Gasteiger partial charge in [-0.2, -0.15) is 8.78 Å². The maximum atomic E-state index is 12.5. The highest BCUT2D eigenvalue weighted by Gasteiger charge is 2.26. The molecule has 1 heterocycles. The Morgan fingerprint density at radius 2 is 1.65 bits per heavy atom. The molecule has 8 heteroatoms. The summed E-state index contributed by atoms with van der Waals surface area (Å²) in [6, 6.07) is 13.3. The van der Waals surface area contributed by atoms with E-state index >= 15 is 0 Å². The Kier molecular flexibility index (Phi) is 5.32. The summed E-state index contributed by atoms with van der Waals surface area (Å²) in [7, 11) is -4.55. The van der Waals surface area contributed by atoms with Gasteiger partial charge in [-0.15, -0.1) is 0 Å². The van der Waals surface area contributed by atoms with Gasteiger partial charge in [0.15, 0.2) is 0 Å². The Morgan fingerprint density at radius 3 is 2.23 bits per heavy atom. The number of hydrogen-bond acceptors (Lipinski definition) is 4. The summed E-state index contributed by atoms with van der Waals surface area (Å²) in [6.45, 7) is 1.28. The third-order valence-corrected chi connectivity index (χ3v) is 5.26. The Bertz CT molecular complexity index is 939. The van der Waals surface area contributed by atoms with Gasteiger partial charge in [-0.25, -0.2) is 13.4 Å². The van der Waals surface area contributed by atoms with Gasteiger partial charge in [0.05, 0.1) is 11.2 Å². The lowest BCUT2D eigenvalue weighted by atomic mass is 10.1. The molecule has 0 fully saturated rings. The third kappa shape index (κ3) is 4.26. The van der Waals surface area contributed by atoms with Gasteiger partial charge in [-0.3, -0.25) is 0 Å². The predicted molar refractivity (Wildman–Crippen MR) is 94.7 cm³/mol. The van der Waals surface area contributed by atoms with E-state index in [4.69, 9.17) is 0 Å². The van der Waals surface area contributed by atoms with Crippen molar-refractivity contribution in [1.29, 1.82) is 0 Å². The Balaban J connectivity index is 1.59. The largest absolute Gasteiger partial charge is 0.381 e. The lowest BCUT2D eigenvalue weighted by Gasteiger charge is -2.09. The molecule has 0 amide bonds. The Morgan fingerprint density at radius 1 is 1.00 bits per heavy atom. The van der Waals surface area contributed by atoms with Crippen LogP contribution in [0, 0.1) is 0 Å². The number of benzene rings is 2. The number of anilines is 1. The van der Waals surface area contributed by atoms with Gasteiger partial charge < -0.3 is 9.88 Å².